The van der Waals surface area contributed by atoms with Gasteiger partial charge in [-0.15, -0.1) is 0 Å². The fourth-order valence-corrected chi connectivity index (χ4v) is 2.52. The molecular weight excluding hydrogens is 250 g/mol. The van der Waals surface area contributed by atoms with E-state index in [2.05, 4.69) is 18.8 Å². The zero-order valence-corrected chi connectivity index (χ0v) is 12.7. The number of nitrogen functional groups attached to an aromatic ring is 1. The molecular formula is C16H25N3O. The molecule has 1 aromatic rings. The number of amides is 1. The minimum absolute atomic E-state index is 0.0791. The van der Waals surface area contributed by atoms with Crippen molar-refractivity contribution in [3.63, 3.8) is 0 Å². The lowest BCUT2D eigenvalue weighted by Crippen LogP contribution is -2.37. The third kappa shape index (κ3) is 3.30. The standard InChI is InChI=1S/C16H25N3O/c1-4-19(10-12-6-5-7-12)16(20)13-8-14(11(2)3)18-15(17)9-13/h8-9,11-12H,4-7,10H2,1-3H3,(H2,17,18). The van der Waals surface area contributed by atoms with Crippen LogP contribution in [-0.4, -0.2) is 28.9 Å². The van der Waals surface area contributed by atoms with Crippen molar-refractivity contribution in [1.29, 1.82) is 0 Å². The molecule has 0 bridgehead atoms. The Kier molecular flexibility index (Phi) is 4.63. The van der Waals surface area contributed by atoms with Crippen LogP contribution in [0.1, 0.15) is 62.0 Å². The molecule has 0 saturated heterocycles. The Balaban J connectivity index is 2.17. The van der Waals surface area contributed by atoms with Gasteiger partial charge in [-0.1, -0.05) is 20.3 Å². The fraction of sp³-hybridized carbons (Fsp3) is 0.625. The molecule has 110 valence electrons. The van der Waals surface area contributed by atoms with Crippen molar-refractivity contribution in [3.8, 4) is 0 Å². The van der Waals surface area contributed by atoms with E-state index < -0.39 is 0 Å². The third-order valence-corrected chi connectivity index (χ3v) is 4.08. The number of aromatic nitrogens is 1. The first-order valence-corrected chi connectivity index (χ1v) is 7.58. The van der Waals surface area contributed by atoms with Gasteiger partial charge in [-0.05, 0) is 43.7 Å². The highest BCUT2D eigenvalue weighted by Gasteiger charge is 2.24. The predicted molar refractivity (Wildman–Crippen MR) is 81.7 cm³/mol. The van der Waals surface area contributed by atoms with Crippen molar-refractivity contribution in [3.05, 3.63) is 23.4 Å². The Hall–Kier alpha value is -1.58. The van der Waals surface area contributed by atoms with Gasteiger partial charge in [0, 0.05) is 24.3 Å². The Morgan fingerprint density at radius 2 is 2.15 bits per heavy atom. The van der Waals surface area contributed by atoms with Crippen LogP contribution >= 0.6 is 0 Å². The Morgan fingerprint density at radius 3 is 2.65 bits per heavy atom. The van der Waals surface area contributed by atoms with Gasteiger partial charge in [0.05, 0.1) is 0 Å². The molecule has 1 aliphatic carbocycles. The minimum atomic E-state index is 0.0791. The maximum Gasteiger partial charge on any atom is 0.254 e. The molecule has 2 N–H and O–H groups in total. The summed E-state index contributed by atoms with van der Waals surface area (Å²) in [5.74, 6) is 1.46. The number of hydrogen-bond donors (Lipinski definition) is 1. The number of pyridine rings is 1. The van der Waals surface area contributed by atoms with Crippen LogP contribution < -0.4 is 5.73 Å². The molecule has 0 aromatic carbocycles. The van der Waals surface area contributed by atoms with Crippen LogP contribution in [0.3, 0.4) is 0 Å². The molecule has 0 radical (unpaired) electrons. The summed E-state index contributed by atoms with van der Waals surface area (Å²) < 4.78 is 0. The summed E-state index contributed by atoms with van der Waals surface area (Å²) in [5, 5.41) is 0. The van der Waals surface area contributed by atoms with Crippen LogP contribution in [-0.2, 0) is 0 Å². The number of rotatable bonds is 5. The van der Waals surface area contributed by atoms with Crippen LogP contribution in [0, 0.1) is 5.92 Å². The van der Waals surface area contributed by atoms with Gasteiger partial charge >= 0.3 is 0 Å². The first kappa shape index (κ1) is 14.8. The summed E-state index contributed by atoms with van der Waals surface area (Å²) in [7, 11) is 0. The van der Waals surface area contributed by atoms with Crippen molar-refractivity contribution in [1.82, 2.24) is 9.88 Å². The van der Waals surface area contributed by atoms with E-state index in [1.165, 1.54) is 19.3 Å². The van der Waals surface area contributed by atoms with Gasteiger partial charge < -0.3 is 10.6 Å². The maximum atomic E-state index is 12.6. The predicted octanol–water partition coefficient (Wildman–Crippen LogP) is 3.05. The second kappa shape index (κ2) is 6.25. The lowest BCUT2D eigenvalue weighted by atomic mass is 9.85. The van der Waals surface area contributed by atoms with Crippen molar-refractivity contribution >= 4 is 11.7 Å². The van der Waals surface area contributed by atoms with Gasteiger partial charge in [-0.25, -0.2) is 4.98 Å². The average Bonchev–Trinajstić information content (AvgIpc) is 2.36. The quantitative estimate of drug-likeness (QED) is 0.898. The van der Waals surface area contributed by atoms with Crippen molar-refractivity contribution in [2.45, 2.75) is 46.0 Å². The number of anilines is 1. The topological polar surface area (TPSA) is 59.2 Å². The van der Waals surface area contributed by atoms with Gasteiger partial charge in [0.15, 0.2) is 0 Å². The molecule has 1 saturated carbocycles. The van der Waals surface area contributed by atoms with Gasteiger partial charge in [-0.2, -0.15) is 0 Å². The lowest BCUT2D eigenvalue weighted by Gasteiger charge is -2.32. The second-order valence-electron chi connectivity index (χ2n) is 6.00. The summed E-state index contributed by atoms with van der Waals surface area (Å²) in [6, 6.07) is 3.57. The molecule has 1 fully saturated rings. The van der Waals surface area contributed by atoms with Crippen LogP contribution in [0.25, 0.3) is 0 Å². The zero-order valence-electron chi connectivity index (χ0n) is 12.7. The number of hydrogen-bond acceptors (Lipinski definition) is 3. The fourth-order valence-electron chi connectivity index (χ4n) is 2.52. The highest BCUT2D eigenvalue weighted by molar-refractivity contribution is 5.95. The SMILES string of the molecule is CCN(CC1CCC1)C(=O)c1cc(N)nc(C(C)C)c1. The van der Waals surface area contributed by atoms with E-state index in [-0.39, 0.29) is 11.8 Å². The lowest BCUT2D eigenvalue weighted by molar-refractivity contribution is 0.0706. The number of carbonyl (C=O) groups excluding carboxylic acids is 1. The molecule has 1 aliphatic rings. The first-order chi connectivity index (χ1) is 9.51. The van der Waals surface area contributed by atoms with E-state index in [1.54, 1.807) is 6.07 Å². The monoisotopic (exact) mass is 275 g/mol. The third-order valence-electron chi connectivity index (χ3n) is 4.08. The van der Waals surface area contributed by atoms with Crippen molar-refractivity contribution < 1.29 is 4.79 Å². The van der Waals surface area contributed by atoms with Crippen LogP contribution in [0.15, 0.2) is 12.1 Å². The Morgan fingerprint density at radius 1 is 1.45 bits per heavy atom. The number of nitrogens with two attached hydrogens (primary N) is 1. The van der Waals surface area contributed by atoms with Crippen molar-refractivity contribution in [2.75, 3.05) is 18.8 Å². The molecule has 4 heteroatoms. The van der Waals surface area contributed by atoms with E-state index in [0.717, 1.165) is 18.8 Å². The molecule has 1 aromatic heterocycles. The number of carbonyl (C=O) groups is 1. The van der Waals surface area contributed by atoms with Crippen LogP contribution in [0.5, 0.6) is 0 Å². The summed E-state index contributed by atoms with van der Waals surface area (Å²) in [6.07, 6.45) is 3.80. The van der Waals surface area contributed by atoms with E-state index in [4.69, 9.17) is 5.73 Å². The second-order valence-corrected chi connectivity index (χ2v) is 6.00. The molecule has 1 amide bonds. The molecule has 0 atom stereocenters. The van der Waals surface area contributed by atoms with Gasteiger partial charge in [0.2, 0.25) is 0 Å². The minimum Gasteiger partial charge on any atom is -0.384 e. The molecule has 0 unspecified atom stereocenters. The number of nitrogens with zero attached hydrogens (tertiary/aromatic N) is 2. The smallest absolute Gasteiger partial charge is 0.254 e. The highest BCUT2D eigenvalue weighted by Crippen LogP contribution is 2.27. The van der Waals surface area contributed by atoms with E-state index in [1.807, 2.05) is 17.9 Å². The van der Waals surface area contributed by atoms with Crippen molar-refractivity contribution in [2.24, 2.45) is 5.92 Å². The first-order valence-electron chi connectivity index (χ1n) is 7.58. The Bertz CT molecular complexity index is 481. The van der Waals surface area contributed by atoms with Gasteiger partial charge in [0.25, 0.3) is 5.91 Å². The van der Waals surface area contributed by atoms with E-state index >= 15 is 0 Å². The average molecular weight is 275 g/mol. The van der Waals surface area contributed by atoms with Gasteiger partial charge in [0.1, 0.15) is 5.82 Å². The molecule has 0 aliphatic heterocycles. The largest absolute Gasteiger partial charge is 0.384 e. The summed E-state index contributed by atoms with van der Waals surface area (Å²) in [6.45, 7) is 7.76. The van der Waals surface area contributed by atoms with E-state index in [9.17, 15) is 4.79 Å². The molecule has 1 heterocycles. The molecule has 20 heavy (non-hydrogen) atoms. The maximum absolute atomic E-state index is 12.6. The zero-order chi connectivity index (χ0) is 14.7. The molecule has 2 rings (SSSR count). The highest BCUT2D eigenvalue weighted by atomic mass is 16.2. The summed E-state index contributed by atoms with van der Waals surface area (Å²) in [4.78, 5) is 18.9. The summed E-state index contributed by atoms with van der Waals surface area (Å²) >= 11 is 0. The van der Waals surface area contributed by atoms with E-state index in [0.29, 0.717) is 17.3 Å². The van der Waals surface area contributed by atoms with Crippen LogP contribution in [0.2, 0.25) is 0 Å². The molecule has 4 nitrogen and oxygen atoms in total. The van der Waals surface area contributed by atoms with Crippen LogP contribution in [0.4, 0.5) is 5.82 Å². The molecule has 0 spiro atoms. The Labute approximate surface area is 121 Å². The van der Waals surface area contributed by atoms with Gasteiger partial charge in [-0.3, -0.25) is 4.79 Å². The summed E-state index contributed by atoms with van der Waals surface area (Å²) in [5.41, 5.74) is 7.38. The normalized spacial score (nSPS) is 15.2.